The first-order valence-electron chi connectivity index (χ1n) is 6.03. The molecule has 21 heavy (non-hydrogen) atoms. The number of carboxylic acid groups (broad SMARTS) is 1. The molecule has 0 saturated heterocycles. The lowest BCUT2D eigenvalue weighted by Gasteiger charge is -2.13. The van der Waals surface area contributed by atoms with Crippen molar-refractivity contribution in [3.05, 3.63) is 35.4 Å². The van der Waals surface area contributed by atoms with E-state index in [4.69, 9.17) is 16.6 Å². The van der Waals surface area contributed by atoms with Gasteiger partial charge >= 0.3 is 5.97 Å². The lowest BCUT2D eigenvalue weighted by atomic mass is 10.1. The van der Waals surface area contributed by atoms with Crippen LogP contribution in [-0.4, -0.2) is 34.8 Å². The van der Waals surface area contributed by atoms with E-state index in [2.05, 4.69) is 5.32 Å². The molecule has 1 unspecified atom stereocenters. The van der Waals surface area contributed by atoms with Crippen LogP contribution in [0.25, 0.3) is 0 Å². The fourth-order valence-corrected chi connectivity index (χ4v) is 1.60. The Bertz CT molecular complexity index is 585. The van der Waals surface area contributed by atoms with Crippen LogP contribution in [0, 0.1) is 0 Å². The van der Waals surface area contributed by atoms with Gasteiger partial charge in [-0.3, -0.25) is 14.4 Å². The third-order valence-electron chi connectivity index (χ3n) is 2.69. The van der Waals surface area contributed by atoms with Gasteiger partial charge in [0.05, 0.1) is 0 Å². The fourth-order valence-electron chi connectivity index (χ4n) is 1.60. The molecule has 0 spiro atoms. The maximum atomic E-state index is 11.9. The number of carbonyl (C=O) groups excluding carboxylic acids is 3. The Morgan fingerprint density at radius 3 is 2.29 bits per heavy atom. The van der Waals surface area contributed by atoms with E-state index in [1.54, 1.807) is 0 Å². The first-order valence-corrected chi connectivity index (χ1v) is 6.03. The highest BCUT2D eigenvalue weighted by Gasteiger charge is 2.21. The van der Waals surface area contributed by atoms with E-state index in [9.17, 15) is 19.2 Å². The van der Waals surface area contributed by atoms with Crippen LogP contribution in [0.5, 0.6) is 0 Å². The Balaban J connectivity index is 2.82. The normalized spacial score (nSPS) is 11.4. The number of rotatable bonds is 7. The summed E-state index contributed by atoms with van der Waals surface area (Å²) in [6, 6.07) is 4.30. The molecule has 6 N–H and O–H groups in total. The third-order valence-corrected chi connectivity index (χ3v) is 2.69. The van der Waals surface area contributed by atoms with Gasteiger partial charge in [0.2, 0.25) is 11.8 Å². The summed E-state index contributed by atoms with van der Waals surface area (Å²) < 4.78 is 0. The lowest BCUT2D eigenvalue weighted by molar-refractivity contribution is -0.139. The highest BCUT2D eigenvalue weighted by Crippen LogP contribution is 2.06. The number of carbonyl (C=O) groups is 4. The van der Waals surface area contributed by atoms with Crippen molar-refractivity contribution in [2.24, 2.45) is 11.5 Å². The van der Waals surface area contributed by atoms with Gasteiger partial charge in [-0.15, -0.1) is 0 Å². The van der Waals surface area contributed by atoms with Crippen LogP contribution < -0.4 is 16.8 Å². The summed E-state index contributed by atoms with van der Waals surface area (Å²) in [5.41, 5.74) is 10.3. The second-order valence-electron chi connectivity index (χ2n) is 4.31. The molecule has 1 rings (SSSR count). The summed E-state index contributed by atoms with van der Waals surface area (Å²) in [5.74, 6) is -3.33. The standard InChI is InChI=1S/C13H15N3O5/c14-10(17)5-4-9(13(20)21)16-12(19)8-3-1-2-7(6-8)11(15)18/h1-3,6,9H,4-5H2,(H2,14,17)(H2,15,18)(H,16,19)(H,20,21). The lowest BCUT2D eigenvalue weighted by Crippen LogP contribution is -2.41. The van der Waals surface area contributed by atoms with Crippen LogP contribution in [0.1, 0.15) is 33.6 Å². The molecule has 0 saturated carbocycles. The predicted molar refractivity (Wildman–Crippen MR) is 72.3 cm³/mol. The summed E-state index contributed by atoms with van der Waals surface area (Å²) in [4.78, 5) is 44.6. The molecule has 0 heterocycles. The minimum Gasteiger partial charge on any atom is -0.480 e. The predicted octanol–water partition coefficient (Wildman–Crippen LogP) is -0.766. The van der Waals surface area contributed by atoms with E-state index in [-0.39, 0.29) is 24.0 Å². The molecule has 8 nitrogen and oxygen atoms in total. The Hall–Kier alpha value is -2.90. The van der Waals surface area contributed by atoms with Crippen molar-refractivity contribution in [2.75, 3.05) is 0 Å². The summed E-state index contributed by atoms with van der Waals surface area (Å²) >= 11 is 0. The van der Waals surface area contributed by atoms with Crippen molar-refractivity contribution in [1.29, 1.82) is 0 Å². The minimum absolute atomic E-state index is 0.0941. The van der Waals surface area contributed by atoms with Crippen LogP contribution in [0.3, 0.4) is 0 Å². The average molecular weight is 293 g/mol. The second kappa shape index (κ2) is 7.04. The maximum Gasteiger partial charge on any atom is 0.326 e. The van der Waals surface area contributed by atoms with Crippen LogP contribution in [0.4, 0.5) is 0 Å². The monoisotopic (exact) mass is 293 g/mol. The van der Waals surface area contributed by atoms with Gasteiger partial charge in [-0.1, -0.05) is 6.07 Å². The quantitative estimate of drug-likeness (QED) is 0.520. The Morgan fingerprint density at radius 1 is 1.14 bits per heavy atom. The van der Waals surface area contributed by atoms with Crippen molar-refractivity contribution in [3.8, 4) is 0 Å². The number of primary amides is 2. The Labute approximate surface area is 120 Å². The van der Waals surface area contributed by atoms with Crippen LogP contribution >= 0.6 is 0 Å². The smallest absolute Gasteiger partial charge is 0.326 e. The van der Waals surface area contributed by atoms with Crippen LogP contribution in [0.15, 0.2) is 24.3 Å². The minimum atomic E-state index is -1.28. The molecule has 0 aliphatic heterocycles. The molecule has 0 fully saturated rings. The van der Waals surface area contributed by atoms with E-state index in [1.165, 1.54) is 24.3 Å². The maximum absolute atomic E-state index is 11.9. The third kappa shape index (κ3) is 4.94. The van der Waals surface area contributed by atoms with Gasteiger partial charge in [-0.25, -0.2) is 4.79 Å². The van der Waals surface area contributed by atoms with E-state index in [0.29, 0.717) is 0 Å². The van der Waals surface area contributed by atoms with Gasteiger partial charge < -0.3 is 21.9 Å². The first kappa shape index (κ1) is 16.2. The van der Waals surface area contributed by atoms with Crippen molar-refractivity contribution < 1.29 is 24.3 Å². The largest absolute Gasteiger partial charge is 0.480 e. The molecule has 112 valence electrons. The molecule has 0 aliphatic rings. The number of nitrogens with one attached hydrogen (secondary N) is 1. The van der Waals surface area contributed by atoms with Crippen molar-refractivity contribution in [3.63, 3.8) is 0 Å². The molecule has 0 aromatic heterocycles. The highest BCUT2D eigenvalue weighted by atomic mass is 16.4. The topological polar surface area (TPSA) is 153 Å². The van der Waals surface area contributed by atoms with Crippen LogP contribution in [-0.2, 0) is 9.59 Å². The van der Waals surface area contributed by atoms with E-state index in [0.717, 1.165) is 0 Å². The van der Waals surface area contributed by atoms with Gasteiger partial charge in [0.15, 0.2) is 0 Å². The molecule has 1 aromatic rings. The van der Waals surface area contributed by atoms with Gasteiger partial charge in [0.1, 0.15) is 6.04 Å². The van der Waals surface area contributed by atoms with Gasteiger partial charge in [0, 0.05) is 17.5 Å². The molecule has 8 heteroatoms. The molecule has 1 atom stereocenters. The molecule has 0 aliphatic carbocycles. The molecular weight excluding hydrogens is 278 g/mol. The second-order valence-corrected chi connectivity index (χ2v) is 4.31. The molecule has 1 aromatic carbocycles. The summed E-state index contributed by atoms with van der Waals surface area (Å²) in [6.45, 7) is 0. The number of benzene rings is 1. The first-order chi connectivity index (χ1) is 9.81. The number of amides is 3. The number of aliphatic carboxylic acids is 1. The Kier molecular flexibility index (Phi) is 5.41. The number of hydrogen-bond acceptors (Lipinski definition) is 4. The summed E-state index contributed by atoms with van der Waals surface area (Å²) in [5, 5.41) is 11.2. The molecule has 3 amide bonds. The van der Waals surface area contributed by atoms with Crippen LogP contribution in [0.2, 0.25) is 0 Å². The zero-order valence-corrected chi connectivity index (χ0v) is 11.0. The number of hydrogen-bond donors (Lipinski definition) is 4. The van der Waals surface area contributed by atoms with E-state index in [1.807, 2.05) is 0 Å². The van der Waals surface area contributed by atoms with Gasteiger partial charge in [-0.2, -0.15) is 0 Å². The van der Waals surface area contributed by atoms with Crippen molar-refractivity contribution in [2.45, 2.75) is 18.9 Å². The zero-order valence-electron chi connectivity index (χ0n) is 11.0. The van der Waals surface area contributed by atoms with Crippen molar-refractivity contribution in [1.82, 2.24) is 5.32 Å². The zero-order chi connectivity index (χ0) is 16.0. The fraction of sp³-hybridized carbons (Fsp3) is 0.231. The molecule has 0 radical (unpaired) electrons. The average Bonchev–Trinajstić information content (AvgIpc) is 2.42. The summed E-state index contributed by atoms with van der Waals surface area (Å²) in [6.07, 6.45) is -0.287. The van der Waals surface area contributed by atoms with Crippen molar-refractivity contribution >= 4 is 23.7 Å². The molecule has 0 bridgehead atoms. The highest BCUT2D eigenvalue weighted by molar-refractivity contribution is 6.00. The Morgan fingerprint density at radius 2 is 1.76 bits per heavy atom. The molecular formula is C13H15N3O5. The summed E-state index contributed by atoms with van der Waals surface area (Å²) in [7, 11) is 0. The van der Waals surface area contributed by atoms with Gasteiger partial charge in [0.25, 0.3) is 5.91 Å². The van der Waals surface area contributed by atoms with E-state index < -0.39 is 29.7 Å². The van der Waals surface area contributed by atoms with Gasteiger partial charge in [-0.05, 0) is 24.6 Å². The van der Waals surface area contributed by atoms with E-state index >= 15 is 0 Å². The number of nitrogens with two attached hydrogens (primary N) is 2. The number of carboxylic acids is 1. The SMILES string of the molecule is NC(=O)CCC(NC(=O)c1cccc(C(N)=O)c1)C(=O)O.